The smallest absolute Gasteiger partial charge is 0.266 e. The lowest BCUT2D eigenvalue weighted by Crippen LogP contribution is -2.32. The highest BCUT2D eigenvalue weighted by Crippen LogP contribution is 2.27. The normalized spacial score (nSPS) is 11.7. The van der Waals surface area contributed by atoms with Crippen molar-refractivity contribution in [2.24, 2.45) is 0 Å². The monoisotopic (exact) mass is 424 g/mol. The molecule has 0 saturated carbocycles. The van der Waals surface area contributed by atoms with Crippen molar-refractivity contribution in [3.05, 3.63) is 62.5 Å². The summed E-state index contributed by atoms with van der Waals surface area (Å²) in [6.45, 7) is 3.91. The standard InChI is InChI=1S/C17H17ClN4O3S2/c1-11-17(26-12(2)20-11)15-6-7-16(23)22(21-15)9-8-19-27(24,25)14-5-3-4-13(18)10-14/h3-7,10,19H,8-9H2,1-2H3. The summed E-state index contributed by atoms with van der Waals surface area (Å²) in [5.41, 5.74) is 1.17. The molecule has 10 heteroatoms. The van der Waals surface area contributed by atoms with Gasteiger partial charge >= 0.3 is 0 Å². The van der Waals surface area contributed by atoms with Crippen molar-refractivity contribution in [1.82, 2.24) is 19.5 Å². The van der Waals surface area contributed by atoms with Crippen molar-refractivity contribution in [3.63, 3.8) is 0 Å². The van der Waals surface area contributed by atoms with Crippen LogP contribution in [-0.2, 0) is 16.6 Å². The minimum atomic E-state index is -3.72. The van der Waals surface area contributed by atoms with Crippen LogP contribution in [0.15, 0.2) is 46.1 Å². The molecule has 1 N–H and O–H groups in total. The van der Waals surface area contributed by atoms with Gasteiger partial charge < -0.3 is 0 Å². The fourth-order valence-corrected chi connectivity index (χ4v) is 4.71. The molecule has 0 aliphatic heterocycles. The van der Waals surface area contributed by atoms with Gasteiger partial charge in [-0.2, -0.15) is 5.10 Å². The Morgan fingerprint density at radius 1 is 1.22 bits per heavy atom. The molecular formula is C17H17ClN4O3S2. The van der Waals surface area contributed by atoms with E-state index in [1.807, 2.05) is 13.8 Å². The first-order valence-corrected chi connectivity index (χ1v) is 10.7. The maximum absolute atomic E-state index is 12.3. The Hall–Kier alpha value is -2.07. The SMILES string of the molecule is Cc1nc(C)c(-c2ccc(=O)n(CCNS(=O)(=O)c3cccc(Cl)c3)n2)s1. The van der Waals surface area contributed by atoms with E-state index in [2.05, 4.69) is 14.8 Å². The van der Waals surface area contributed by atoms with E-state index in [0.29, 0.717) is 10.7 Å². The number of nitrogens with one attached hydrogen (secondary N) is 1. The maximum Gasteiger partial charge on any atom is 0.266 e. The summed E-state index contributed by atoms with van der Waals surface area (Å²) < 4.78 is 28.3. The first kappa shape index (κ1) is 19.7. The van der Waals surface area contributed by atoms with E-state index in [1.165, 1.54) is 34.2 Å². The average molecular weight is 425 g/mol. The van der Waals surface area contributed by atoms with Gasteiger partial charge in [-0.15, -0.1) is 11.3 Å². The molecule has 7 nitrogen and oxygen atoms in total. The summed E-state index contributed by atoms with van der Waals surface area (Å²) in [5.74, 6) is 0. The molecule has 0 radical (unpaired) electrons. The number of nitrogens with zero attached hydrogens (tertiary/aromatic N) is 3. The highest BCUT2D eigenvalue weighted by Gasteiger charge is 2.15. The lowest BCUT2D eigenvalue weighted by molar-refractivity contribution is 0.549. The Balaban J connectivity index is 1.75. The number of halogens is 1. The number of hydrogen-bond donors (Lipinski definition) is 1. The third-order valence-corrected chi connectivity index (χ3v) is 6.51. The van der Waals surface area contributed by atoms with Crippen LogP contribution in [-0.4, -0.2) is 29.7 Å². The summed E-state index contributed by atoms with van der Waals surface area (Å²) in [7, 11) is -3.72. The van der Waals surface area contributed by atoms with Crippen molar-refractivity contribution in [3.8, 4) is 10.6 Å². The molecule has 0 bridgehead atoms. The third kappa shape index (κ3) is 4.62. The van der Waals surface area contributed by atoms with E-state index in [-0.39, 0.29) is 23.5 Å². The molecule has 0 amide bonds. The summed E-state index contributed by atoms with van der Waals surface area (Å²) in [6, 6.07) is 9.04. The Labute approximate surface area is 165 Å². The van der Waals surface area contributed by atoms with Gasteiger partial charge in [-0.3, -0.25) is 4.79 Å². The van der Waals surface area contributed by atoms with Gasteiger partial charge in [-0.25, -0.2) is 22.8 Å². The van der Waals surface area contributed by atoms with Crippen LogP contribution in [0.2, 0.25) is 5.02 Å². The van der Waals surface area contributed by atoms with Crippen LogP contribution >= 0.6 is 22.9 Å². The number of sulfonamides is 1. The lowest BCUT2D eigenvalue weighted by Gasteiger charge is -2.09. The molecule has 3 aromatic rings. The van der Waals surface area contributed by atoms with Gasteiger partial charge in [0.05, 0.1) is 27.0 Å². The molecule has 1 aromatic carbocycles. The van der Waals surface area contributed by atoms with Crippen LogP contribution in [0.25, 0.3) is 10.6 Å². The average Bonchev–Trinajstić information content (AvgIpc) is 2.95. The van der Waals surface area contributed by atoms with Crippen LogP contribution in [0.5, 0.6) is 0 Å². The van der Waals surface area contributed by atoms with Crippen molar-refractivity contribution >= 4 is 33.0 Å². The molecule has 0 fully saturated rings. The maximum atomic E-state index is 12.3. The van der Waals surface area contributed by atoms with Crippen molar-refractivity contribution < 1.29 is 8.42 Å². The van der Waals surface area contributed by atoms with E-state index in [9.17, 15) is 13.2 Å². The number of thiazole rings is 1. The van der Waals surface area contributed by atoms with E-state index in [1.54, 1.807) is 18.2 Å². The zero-order valence-corrected chi connectivity index (χ0v) is 17.0. The Bertz CT molecular complexity index is 1140. The second kappa shape index (κ2) is 7.89. The van der Waals surface area contributed by atoms with Crippen LogP contribution in [0.3, 0.4) is 0 Å². The first-order valence-electron chi connectivity index (χ1n) is 8.04. The van der Waals surface area contributed by atoms with Gasteiger partial charge in [0.25, 0.3) is 5.56 Å². The van der Waals surface area contributed by atoms with Crippen molar-refractivity contribution in [2.45, 2.75) is 25.3 Å². The molecule has 0 aliphatic carbocycles. The molecule has 27 heavy (non-hydrogen) atoms. The third-order valence-electron chi connectivity index (χ3n) is 3.72. The summed E-state index contributed by atoms with van der Waals surface area (Å²) >= 11 is 7.34. The Morgan fingerprint density at radius 3 is 2.67 bits per heavy atom. The topological polar surface area (TPSA) is 94.0 Å². The van der Waals surface area contributed by atoms with E-state index in [0.717, 1.165) is 15.6 Å². The van der Waals surface area contributed by atoms with Gasteiger partial charge in [-0.1, -0.05) is 17.7 Å². The fraction of sp³-hybridized carbons (Fsp3) is 0.235. The zero-order chi connectivity index (χ0) is 19.6. The predicted octanol–water partition coefficient (Wildman–Crippen LogP) is 2.62. The van der Waals surface area contributed by atoms with Crippen LogP contribution in [0, 0.1) is 13.8 Å². The van der Waals surface area contributed by atoms with Crippen molar-refractivity contribution in [1.29, 1.82) is 0 Å². The van der Waals surface area contributed by atoms with Gasteiger partial charge in [0.1, 0.15) is 5.69 Å². The predicted molar refractivity (Wildman–Crippen MR) is 106 cm³/mol. The van der Waals surface area contributed by atoms with Gasteiger partial charge in [-0.05, 0) is 38.1 Å². The van der Waals surface area contributed by atoms with Crippen LogP contribution in [0.1, 0.15) is 10.7 Å². The van der Waals surface area contributed by atoms with Crippen molar-refractivity contribution in [2.75, 3.05) is 6.54 Å². The number of hydrogen-bond acceptors (Lipinski definition) is 6. The number of aromatic nitrogens is 3. The quantitative estimate of drug-likeness (QED) is 0.656. The minimum Gasteiger partial charge on any atom is -0.268 e. The Kier molecular flexibility index (Phi) is 5.75. The summed E-state index contributed by atoms with van der Waals surface area (Å²) in [4.78, 5) is 17.4. The molecule has 3 rings (SSSR count). The molecule has 2 heterocycles. The van der Waals surface area contributed by atoms with E-state index >= 15 is 0 Å². The molecule has 0 atom stereocenters. The summed E-state index contributed by atoms with van der Waals surface area (Å²) in [5, 5.41) is 5.59. The lowest BCUT2D eigenvalue weighted by atomic mass is 10.3. The molecule has 2 aromatic heterocycles. The molecular weight excluding hydrogens is 408 g/mol. The summed E-state index contributed by atoms with van der Waals surface area (Å²) in [6.07, 6.45) is 0. The van der Waals surface area contributed by atoms with E-state index in [4.69, 9.17) is 11.6 Å². The molecule has 0 saturated heterocycles. The second-order valence-electron chi connectivity index (χ2n) is 5.78. The highest BCUT2D eigenvalue weighted by atomic mass is 35.5. The van der Waals surface area contributed by atoms with Gasteiger partial charge in [0.15, 0.2) is 0 Å². The number of benzene rings is 1. The first-order chi connectivity index (χ1) is 12.8. The number of rotatable bonds is 6. The van der Waals surface area contributed by atoms with Crippen LogP contribution in [0.4, 0.5) is 0 Å². The molecule has 0 aliphatic rings. The number of aryl methyl sites for hydroxylation is 2. The second-order valence-corrected chi connectivity index (χ2v) is 9.19. The van der Waals surface area contributed by atoms with Crippen LogP contribution < -0.4 is 10.3 Å². The van der Waals surface area contributed by atoms with Gasteiger partial charge in [0.2, 0.25) is 10.0 Å². The molecule has 142 valence electrons. The fourth-order valence-electron chi connectivity index (χ4n) is 2.50. The molecule has 0 spiro atoms. The zero-order valence-electron chi connectivity index (χ0n) is 14.6. The highest BCUT2D eigenvalue weighted by molar-refractivity contribution is 7.89. The Morgan fingerprint density at radius 2 is 2.00 bits per heavy atom. The molecule has 0 unspecified atom stereocenters. The van der Waals surface area contributed by atoms with E-state index < -0.39 is 10.0 Å². The van der Waals surface area contributed by atoms with Gasteiger partial charge in [0, 0.05) is 17.6 Å². The minimum absolute atomic E-state index is 0.0197. The largest absolute Gasteiger partial charge is 0.268 e.